The van der Waals surface area contributed by atoms with E-state index in [9.17, 15) is 13.6 Å². The van der Waals surface area contributed by atoms with E-state index >= 15 is 0 Å². The second-order valence-electron chi connectivity index (χ2n) is 3.57. The van der Waals surface area contributed by atoms with Crippen LogP contribution < -0.4 is 0 Å². The van der Waals surface area contributed by atoms with Crippen LogP contribution in [0, 0.1) is 0 Å². The summed E-state index contributed by atoms with van der Waals surface area (Å²) in [6, 6.07) is 3.38. The van der Waals surface area contributed by atoms with Crippen LogP contribution in [0.4, 0.5) is 8.78 Å². The average Bonchev–Trinajstić information content (AvgIpc) is 2.61. The predicted octanol–water partition coefficient (Wildman–Crippen LogP) is 1.83. The molecule has 0 saturated heterocycles. The molecule has 0 amide bonds. The van der Waals surface area contributed by atoms with Crippen LogP contribution in [0.1, 0.15) is 23.6 Å². The Balaban J connectivity index is 2.39. The van der Waals surface area contributed by atoms with Gasteiger partial charge in [-0.3, -0.25) is 4.98 Å². The molecule has 15 heavy (non-hydrogen) atoms. The van der Waals surface area contributed by atoms with Crippen LogP contribution in [0.2, 0.25) is 0 Å². The maximum Gasteiger partial charge on any atom is 0.375 e. The van der Waals surface area contributed by atoms with Crippen molar-refractivity contribution in [1.29, 1.82) is 0 Å². The predicted molar refractivity (Wildman–Crippen MR) is 47.9 cm³/mol. The van der Waals surface area contributed by atoms with Crippen molar-refractivity contribution in [2.75, 3.05) is 0 Å². The number of pyridine rings is 1. The molecule has 3 nitrogen and oxygen atoms in total. The highest BCUT2D eigenvalue weighted by Crippen LogP contribution is 2.42. The highest BCUT2D eigenvalue weighted by Gasteiger charge is 2.51. The normalized spacial score (nSPS) is 20.0. The molecule has 1 N–H and O–H groups in total. The van der Waals surface area contributed by atoms with Crippen LogP contribution >= 0.6 is 0 Å². The summed E-state index contributed by atoms with van der Waals surface area (Å²) in [7, 11) is 0. The van der Waals surface area contributed by atoms with E-state index in [1.807, 2.05) is 0 Å². The molecule has 1 aromatic heterocycles. The molecule has 0 saturated carbocycles. The van der Waals surface area contributed by atoms with Gasteiger partial charge in [-0.05, 0) is 24.5 Å². The van der Waals surface area contributed by atoms with Gasteiger partial charge in [0.15, 0.2) is 0 Å². The van der Waals surface area contributed by atoms with Crippen molar-refractivity contribution in [2.24, 2.45) is 0 Å². The van der Waals surface area contributed by atoms with Gasteiger partial charge in [-0.25, -0.2) is 4.79 Å². The van der Waals surface area contributed by atoms with Crippen LogP contribution in [0.3, 0.4) is 0 Å². The number of halogens is 2. The molecule has 0 aromatic carbocycles. The van der Waals surface area contributed by atoms with E-state index in [1.165, 1.54) is 6.20 Å². The molecular weight excluding hydrogens is 204 g/mol. The zero-order valence-electron chi connectivity index (χ0n) is 7.78. The molecule has 0 radical (unpaired) electrons. The van der Waals surface area contributed by atoms with E-state index < -0.39 is 17.8 Å². The summed E-state index contributed by atoms with van der Waals surface area (Å²) in [6.07, 6.45) is 2.03. The highest BCUT2D eigenvalue weighted by molar-refractivity contribution is 5.77. The van der Waals surface area contributed by atoms with E-state index in [0.717, 1.165) is 5.56 Å². The molecule has 5 heteroatoms. The quantitative estimate of drug-likeness (QED) is 0.815. The molecule has 0 fully saturated rings. The summed E-state index contributed by atoms with van der Waals surface area (Å²) >= 11 is 0. The van der Waals surface area contributed by atoms with Crippen LogP contribution in [0.15, 0.2) is 18.3 Å². The number of carboxylic acid groups (broad SMARTS) is 1. The van der Waals surface area contributed by atoms with Gasteiger partial charge in [0.05, 0.1) is 11.6 Å². The van der Waals surface area contributed by atoms with Gasteiger partial charge in [0.25, 0.3) is 0 Å². The van der Waals surface area contributed by atoms with Crippen LogP contribution in [0.25, 0.3) is 0 Å². The molecule has 0 spiro atoms. The van der Waals surface area contributed by atoms with Crippen molar-refractivity contribution in [3.05, 3.63) is 29.6 Å². The monoisotopic (exact) mass is 213 g/mol. The number of aromatic nitrogens is 1. The van der Waals surface area contributed by atoms with Crippen LogP contribution in [0.5, 0.6) is 0 Å². The molecule has 1 atom stereocenters. The first kappa shape index (κ1) is 10.0. The Morgan fingerprint density at radius 3 is 3.00 bits per heavy atom. The number of hydrogen-bond acceptors (Lipinski definition) is 2. The second-order valence-corrected chi connectivity index (χ2v) is 3.57. The molecule has 1 aliphatic rings. The Morgan fingerprint density at radius 1 is 1.60 bits per heavy atom. The first-order chi connectivity index (χ1) is 7.03. The molecule has 80 valence electrons. The third-order valence-corrected chi connectivity index (χ3v) is 2.68. The van der Waals surface area contributed by atoms with Crippen molar-refractivity contribution in [1.82, 2.24) is 4.98 Å². The van der Waals surface area contributed by atoms with Gasteiger partial charge >= 0.3 is 11.9 Å². The van der Waals surface area contributed by atoms with E-state index in [4.69, 9.17) is 5.11 Å². The second kappa shape index (κ2) is 3.25. The fourth-order valence-corrected chi connectivity index (χ4v) is 1.91. The number of aryl methyl sites for hydroxylation is 1. The topological polar surface area (TPSA) is 50.2 Å². The smallest absolute Gasteiger partial charge is 0.375 e. The zero-order valence-corrected chi connectivity index (χ0v) is 7.78. The van der Waals surface area contributed by atoms with Crippen LogP contribution in [-0.4, -0.2) is 22.0 Å². The van der Waals surface area contributed by atoms with Gasteiger partial charge in [-0.1, -0.05) is 6.07 Å². The molecule has 1 unspecified atom stereocenters. The van der Waals surface area contributed by atoms with Gasteiger partial charge in [-0.15, -0.1) is 0 Å². The SMILES string of the molecule is O=C(O)C(F)(F)C1CCc2cccnc21. The van der Waals surface area contributed by atoms with Gasteiger partial charge in [0.1, 0.15) is 0 Å². The Labute approximate surface area is 84.8 Å². The lowest BCUT2D eigenvalue weighted by Gasteiger charge is -2.18. The minimum absolute atomic E-state index is 0.144. The number of rotatable bonds is 2. The summed E-state index contributed by atoms with van der Waals surface area (Å²) < 4.78 is 26.6. The van der Waals surface area contributed by atoms with Crippen LogP contribution in [-0.2, 0) is 11.2 Å². The fourth-order valence-electron chi connectivity index (χ4n) is 1.91. The average molecular weight is 213 g/mol. The summed E-state index contributed by atoms with van der Waals surface area (Å²) in [5.41, 5.74) is 0.952. The molecule has 2 rings (SSSR count). The van der Waals surface area contributed by atoms with Gasteiger partial charge in [0.2, 0.25) is 0 Å². The molecular formula is C10H9F2NO2. The van der Waals surface area contributed by atoms with E-state index in [2.05, 4.69) is 4.98 Å². The summed E-state index contributed by atoms with van der Waals surface area (Å²) in [4.78, 5) is 14.3. The Morgan fingerprint density at radius 2 is 2.33 bits per heavy atom. The lowest BCUT2D eigenvalue weighted by atomic mass is 9.98. The number of aliphatic carboxylic acids is 1. The molecule has 1 aromatic rings. The maximum absolute atomic E-state index is 13.3. The standard InChI is InChI=1S/C10H9F2NO2/c11-10(12,9(14)15)7-4-3-6-2-1-5-13-8(6)7/h1-2,5,7H,3-4H2,(H,14,15). The van der Waals surface area contributed by atoms with E-state index in [-0.39, 0.29) is 12.1 Å². The van der Waals surface area contributed by atoms with Gasteiger partial charge in [0, 0.05) is 6.20 Å². The number of alkyl halides is 2. The fraction of sp³-hybridized carbons (Fsp3) is 0.400. The van der Waals surface area contributed by atoms with Crippen molar-refractivity contribution in [3.8, 4) is 0 Å². The van der Waals surface area contributed by atoms with Crippen molar-refractivity contribution in [2.45, 2.75) is 24.7 Å². The number of nitrogens with zero attached hydrogens (tertiary/aromatic N) is 1. The third-order valence-electron chi connectivity index (χ3n) is 2.68. The summed E-state index contributed by atoms with van der Waals surface area (Å²) in [5.74, 6) is -7.09. The Bertz CT molecular complexity index is 406. The Kier molecular flexibility index (Phi) is 2.17. The molecule has 1 aliphatic carbocycles. The third kappa shape index (κ3) is 1.48. The van der Waals surface area contributed by atoms with Crippen molar-refractivity contribution < 1.29 is 18.7 Å². The minimum Gasteiger partial charge on any atom is -0.477 e. The summed E-state index contributed by atoms with van der Waals surface area (Å²) in [6.45, 7) is 0. The number of carboxylic acids is 1. The van der Waals surface area contributed by atoms with Crippen molar-refractivity contribution >= 4 is 5.97 Å². The number of carbonyl (C=O) groups is 1. The first-order valence-electron chi connectivity index (χ1n) is 4.58. The minimum atomic E-state index is -3.72. The van der Waals surface area contributed by atoms with Gasteiger partial charge in [-0.2, -0.15) is 8.78 Å². The highest BCUT2D eigenvalue weighted by atomic mass is 19.3. The lowest BCUT2D eigenvalue weighted by Crippen LogP contribution is -2.34. The lowest BCUT2D eigenvalue weighted by molar-refractivity contribution is -0.168. The van der Waals surface area contributed by atoms with E-state index in [1.54, 1.807) is 12.1 Å². The number of hydrogen-bond donors (Lipinski definition) is 1. The zero-order chi connectivity index (χ0) is 11.1. The molecule has 1 heterocycles. The van der Waals surface area contributed by atoms with E-state index in [0.29, 0.717) is 6.42 Å². The number of fused-ring (bicyclic) bond motifs is 1. The van der Waals surface area contributed by atoms with Crippen molar-refractivity contribution in [3.63, 3.8) is 0 Å². The summed E-state index contributed by atoms with van der Waals surface area (Å²) in [5, 5.41) is 8.45. The Hall–Kier alpha value is -1.52. The van der Waals surface area contributed by atoms with Gasteiger partial charge < -0.3 is 5.11 Å². The first-order valence-corrected chi connectivity index (χ1v) is 4.58. The maximum atomic E-state index is 13.3. The largest absolute Gasteiger partial charge is 0.477 e. The molecule has 0 aliphatic heterocycles. The molecule has 0 bridgehead atoms.